The van der Waals surface area contributed by atoms with Crippen LogP contribution in [0.4, 0.5) is 10.1 Å². The highest BCUT2D eigenvalue weighted by Gasteiger charge is 2.15. The lowest BCUT2D eigenvalue weighted by Crippen LogP contribution is -2.24. The van der Waals surface area contributed by atoms with Crippen molar-refractivity contribution in [3.05, 3.63) is 39.7 Å². The van der Waals surface area contributed by atoms with Crippen LogP contribution in [-0.4, -0.2) is 24.2 Å². The fraction of sp³-hybridized carbons (Fsp3) is 0.600. The monoisotopic (exact) mass is 296 g/mol. The number of rotatable bonds is 7. The van der Waals surface area contributed by atoms with Gasteiger partial charge in [0, 0.05) is 24.7 Å². The number of ether oxygens (including phenoxy) is 1. The average Bonchev–Trinajstić information content (AvgIpc) is 2.48. The number of hydrogen-bond donors (Lipinski definition) is 1. The Hall–Kier alpha value is -1.53. The molecule has 1 fully saturated rings. The molecule has 0 bridgehead atoms. The van der Waals surface area contributed by atoms with Crippen LogP contribution in [0.2, 0.25) is 0 Å². The Bertz CT molecular complexity index is 476. The third kappa shape index (κ3) is 5.06. The van der Waals surface area contributed by atoms with Gasteiger partial charge in [-0.15, -0.1) is 0 Å². The fourth-order valence-corrected chi connectivity index (χ4v) is 2.63. The predicted molar refractivity (Wildman–Crippen MR) is 77.6 cm³/mol. The second-order valence-electron chi connectivity index (χ2n) is 5.34. The van der Waals surface area contributed by atoms with Crippen molar-refractivity contribution in [2.24, 2.45) is 0 Å². The minimum Gasteiger partial charge on any atom is -0.377 e. The smallest absolute Gasteiger partial charge is 0.274 e. The summed E-state index contributed by atoms with van der Waals surface area (Å²) in [5.74, 6) is -0.462. The molecular formula is C15H21FN2O3. The number of nitro benzene ring substituents is 1. The van der Waals surface area contributed by atoms with Gasteiger partial charge in [0.1, 0.15) is 5.82 Å². The molecule has 0 amide bonds. The highest BCUT2D eigenvalue weighted by Crippen LogP contribution is 2.20. The van der Waals surface area contributed by atoms with E-state index in [0.717, 1.165) is 18.9 Å². The quantitative estimate of drug-likeness (QED) is 0.477. The maximum absolute atomic E-state index is 13.2. The van der Waals surface area contributed by atoms with E-state index in [4.69, 9.17) is 4.74 Å². The molecule has 1 aromatic rings. The van der Waals surface area contributed by atoms with Gasteiger partial charge in [0.2, 0.25) is 0 Å². The Labute approximate surface area is 123 Å². The van der Waals surface area contributed by atoms with Crippen LogP contribution in [0, 0.1) is 15.9 Å². The number of nitro groups is 1. The highest BCUT2D eigenvalue weighted by atomic mass is 19.1. The Kier molecular flexibility index (Phi) is 6.07. The Morgan fingerprint density at radius 3 is 2.81 bits per heavy atom. The molecule has 0 heterocycles. The normalized spacial score (nSPS) is 16.0. The summed E-state index contributed by atoms with van der Waals surface area (Å²) in [5.41, 5.74) is 0.301. The zero-order valence-corrected chi connectivity index (χ0v) is 12.0. The molecule has 2 rings (SSSR count). The molecule has 0 spiro atoms. The first-order valence-corrected chi connectivity index (χ1v) is 7.42. The summed E-state index contributed by atoms with van der Waals surface area (Å²) >= 11 is 0. The summed E-state index contributed by atoms with van der Waals surface area (Å²) in [6, 6.07) is 3.51. The molecule has 6 heteroatoms. The lowest BCUT2D eigenvalue weighted by atomic mass is 9.98. The molecule has 1 aliphatic carbocycles. The zero-order chi connectivity index (χ0) is 15.1. The molecule has 0 unspecified atom stereocenters. The molecule has 5 nitrogen and oxygen atoms in total. The number of hydrogen-bond acceptors (Lipinski definition) is 4. The van der Waals surface area contributed by atoms with Gasteiger partial charge in [-0.3, -0.25) is 10.1 Å². The second kappa shape index (κ2) is 8.05. The van der Waals surface area contributed by atoms with Crippen LogP contribution in [0.15, 0.2) is 18.2 Å². The highest BCUT2D eigenvalue weighted by molar-refractivity contribution is 5.40. The molecule has 1 aromatic carbocycles. The van der Waals surface area contributed by atoms with Gasteiger partial charge < -0.3 is 10.1 Å². The van der Waals surface area contributed by atoms with Crippen molar-refractivity contribution in [2.45, 2.75) is 44.8 Å². The van der Waals surface area contributed by atoms with Gasteiger partial charge >= 0.3 is 0 Å². The van der Waals surface area contributed by atoms with Gasteiger partial charge in [-0.2, -0.15) is 0 Å². The lowest BCUT2D eigenvalue weighted by molar-refractivity contribution is -0.385. The molecule has 21 heavy (non-hydrogen) atoms. The van der Waals surface area contributed by atoms with E-state index in [-0.39, 0.29) is 12.2 Å². The Morgan fingerprint density at radius 2 is 2.10 bits per heavy atom. The van der Waals surface area contributed by atoms with Crippen LogP contribution in [0.3, 0.4) is 0 Å². The zero-order valence-electron chi connectivity index (χ0n) is 12.0. The average molecular weight is 296 g/mol. The van der Waals surface area contributed by atoms with Gasteiger partial charge in [-0.25, -0.2) is 4.39 Å². The van der Waals surface area contributed by atoms with E-state index in [9.17, 15) is 14.5 Å². The van der Waals surface area contributed by atoms with E-state index in [1.165, 1.54) is 31.4 Å². The van der Waals surface area contributed by atoms with Gasteiger partial charge in [-0.05, 0) is 25.0 Å². The van der Waals surface area contributed by atoms with Crippen molar-refractivity contribution in [1.82, 2.24) is 5.32 Å². The number of halogens is 1. The van der Waals surface area contributed by atoms with Gasteiger partial charge in [0.15, 0.2) is 0 Å². The van der Waals surface area contributed by atoms with E-state index < -0.39 is 10.7 Å². The Morgan fingerprint density at radius 1 is 1.33 bits per heavy atom. The third-order valence-electron chi connectivity index (χ3n) is 3.74. The topological polar surface area (TPSA) is 64.4 Å². The maximum atomic E-state index is 13.2. The molecule has 0 radical (unpaired) electrons. The van der Waals surface area contributed by atoms with Crippen LogP contribution >= 0.6 is 0 Å². The molecular weight excluding hydrogens is 275 g/mol. The summed E-state index contributed by atoms with van der Waals surface area (Å²) in [7, 11) is 0. The van der Waals surface area contributed by atoms with E-state index in [1.54, 1.807) is 0 Å². The predicted octanol–water partition coefficient (Wildman–Crippen LogP) is 3.17. The molecule has 0 aromatic heterocycles. The van der Waals surface area contributed by atoms with Crippen molar-refractivity contribution in [2.75, 3.05) is 13.2 Å². The first kappa shape index (κ1) is 15.9. The van der Waals surface area contributed by atoms with Gasteiger partial charge in [0.25, 0.3) is 5.69 Å². The minimum absolute atomic E-state index is 0.0582. The van der Waals surface area contributed by atoms with Crippen molar-refractivity contribution in [3.63, 3.8) is 0 Å². The van der Waals surface area contributed by atoms with E-state index in [2.05, 4.69) is 5.32 Å². The van der Waals surface area contributed by atoms with E-state index in [0.29, 0.717) is 24.8 Å². The van der Waals surface area contributed by atoms with Crippen molar-refractivity contribution in [3.8, 4) is 0 Å². The summed E-state index contributed by atoms with van der Waals surface area (Å²) < 4.78 is 18.9. The van der Waals surface area contributed by atoms with Crippen molar-refractivity contribution in [1.29, 1.82) is 0 Å². The SMILES string of the molecule is O=[N+]([O-])c1ccc(F)cc1CNCCOC1CCCCC1. The van der Waals surface area contributed by atoms with E-state index >= 15 is 0 Å². The number of nitrogens with one attached hydrogen (secondary N) is 1. The van der Waals surface area contributed by atoms with Crippen LogP contribution in [0.5, 0.6) is 0 Å². The molecule has 0 saturated heterocycles. The van der Waals surface area contributed by atoms with Crippen molar-refractivity contribution >= 4 is 5.69 Å². The summed E-state index contributed by atoms with van der Waals surface area (Å²) in [4.78, 5) is 10.4. The molecule has 116 valence electrons. The Balaban J connectivity index is 1.73. The largest absolute Gasteiger partial charge is 0.377 e. The van der Waals surface area contributed by atoms with Crippen LogP contribution in [0.1, 0.15) is 37.7 Å². The molecule has 1 aliphatic rings. The van der Waals surface area contributed by atoms with E-state index in [1.807, 2.05) is 0 Å². The standard InChI is InChI=1S/C15H21FN2O3/c16-13-6-7-15(18(19)20)12(10-13)11-17-8-9-21-14-4-2-1-3-5-14/h6-7,10,14,17H,1-5,8-9,11H2. The second-order valence-corrected chi connectivity index (χ2v) is 5.34. The molecule has 0 aliphatic heterocycles. The number of nitrogens with zero attached hydrogens (tertiary/aromatic N) is 1. The molecule has 1 saturated carbocycles. The third-order valence-corrected chi connectivity index (χ3v) is 3.74. The first-order valence-electron chi connectivity index (χ1n) is 7.42. The van der Waals surface area contributed by atoms with Crippen LogP contribution in [-0.2, 0) is 11.3 Å². The summed E-state index contributed by atoms with van der Waals surface area (Å²) in [5, 5.41) is 13.9. The fourth-order valence-electron chi connectivity index (χ4n) is 2.63. The minimum atomic E-state index is -0.491. The van der Waals surface area contributed by atoms with Crippen LogP contribution < -0.4 is 5.32 Å². The first-order chi connectivity index (χ1) is 10.2. The molecule has 0 atom stereocenters. The summed E-state index contributed by atoms with van der Waals surface area (Å²) in [6.45, 7) is 1.44. The lowest BCUT2D eigenvalue weighted by Gasteiger charge is -2.22. The van der Waals surface area contributed by atoms with Crippen LogP contribution in [0.25, 0.3) is 0 Å². The molecule has 1 N–H and O–H groups in total. The number of benzene rings is 1. The van der Waals surface area contributed by atoms with Gasteiger partial charge in [0.05, 0.1) is 17.6 Å². The van der Waals surface area contributed by atoms with Gasteiger partial charge in [-0.1, -0.05) is 19.3 Å². The summed E-state index contributed by atoms with van der Waals surface area (Å²) in [6.07, 6.45) is 6.34. The van der Waals surface area contributed by atoms with Crippen molar-refractivity contribution < 1.29 is 14.1 Å². The maximum Gasteiger partial charge on any atom is 0.274 e.